The summed E-state index contributed by atoms with van der Waals surface area (Å²) in [6, 6.07) is 0. The molecule has 3 N–H and O–H groups in total. The predicted octanol–water partition coefficient (Wildman–Crippen LogP) is 1.70. The Labute approximate surface area is 115 Å². The van der Waals surface area contributed by atoms with E-state index < -0.39 is 0 Å². The number of hydrogen-bond acceptors (Lipinski definition) is 4. The molecule has 16 heavy (non-hydrogen) atoms. The summed E-state index contributed by atoms with van der Waals surface area (Å²) in [5.41, 5.74) is 5.38. The minimum atomic E-state index is -0.0941. The van der Waals surface area contributed by atoms with Gasteiger partial charge in [-0.15, -0.1) is 24.2 Å². The fourth-order valence-corrected chi connectivity index (χ4v) is 1.79. The van der Waals surface area contributed by atoms with E-state index in [1.807, 2.05) is 27.7 Å². The summed E-state index contributed by atoms with van der Waals surface area (Å²) in [6.07, 6.45) is 0. The highest BCUT2D eigenvalue weighted by Crippen LogP contribution is 2.16. The molecule has 0 radical (unpaired) electrons. The van der Waals surface area contributed by atoms with Crippen LogP contribution in [0.1, 0.15) is 27.7 Å². The molecule has 1 amide bonds. The maximum absolute atomic E-state index is 10.7. The Hall–Kier alpha value is 0.420. The molecule has 1 rings (SSSR count). The lowest BCUT2D eigenvalue weighted by Gasteiger charge is -2.29. The second kappa shape index (κ2) is 7.69. The molecule has 0 bridgehead atoms. The average molecular weight is 287 g/mol. The molecule has 3 nitrogen and oxygen atoms in total. The van der Waals surface area contributed by atoms with Gasteiger partial charge in [-0.2, -0.15) is 12.6 Å². The first-order valence-electron chi connectivity index (χ1n) is 4.95. The molecule has 0 unspecified atom stereocenters. The van der Waals surface area contributed by atoms with E-state index in [4.69, 9.17) is 5.73 Å². The summed E-state index contributed by atoms with van der Waals surface area (Å²) in [6.45, 7) is 7.97. The highest BCUT2D eigenvalue weighted by Gasteiger charge is 2.24. The molecule has 0 atom stereocenters. The summed E-state index contributed by atoms with van der Waals surface area (Å²) in [4.78, 5) is 10.7. The number of carbonyl (C=O) groups is 1. The van der Waals surface area contributed by atoms with Crippen LogP contribution in [0.4, 0.5) is 0 Å². The normalized spacial score (nSPS) is 18.8. The molecule has 0 aromatic heterocycles. The second-order valence-electron chi connectivity index (χ2n) is 5.07. The zero-order valence-corrected chi connectivity index (χ0v) is 12.9. The van der Waals surface area contributed by atoms with Crippen molar-refractivity contribution in [2.75, 3.05) is 17.3 Å². The lowest BCUT2D eigenvalue weighted by molar-refractivity contribution is -0.120. The van der Waals surface area contributed by atoms with Gasteiger partial charge in [-0.05, 0) is 27.7 Å². The van der Waals surface area contributed by atoms with Crippen molar-refractivity contribution in [3.8, 4) is 0 Å². The maximum atomic E-state index is 10.7. The molecule has 0 aliphatic carbocycles. The van der Waals surface area contributed by atoms with Crippen LogP contribution in [0.15, 0.2) is 0 Å². The van der Waals surface area contributed by atoms with Gasteiger partial charge in [-0.25, -0.2) is 0 Å². The van der Waals surface area contributed by atoms with Crippen molar-refractivity contribution in [2.45, 2.75) is 38.8 Å². The molecule has 0 aromatic carbocycles. The first-order chi connectivity index (χ1) is 6.66. The van der Waals surface area contributed by atoms with E-state index in [2.05, 4.69) is 17.9 Å². The third-order valence-corrected chi connectivity index (χ3v) is 3.79. The van der Waals surface area contributed by atoms with Crippen molar-refractivity contribution < 1.29 is 4.79 Å². The van der Waals surface area contributed by atoms with E-state index >= 15 is 0 Å². The molecule has 98 valence electrons. The van der Waals surface area contributed by atoms with Crippen LogP contribution in [-0.2, 0) is 4.79 Å². The van der Waals surface area contributed by atoms with Crippen LogP contribution in [0, 0.1) is 0 Å². The van der Waals surface area contributed by atoms with Crippen LogP contribution >= 0.6 is 36.8 Å². The minimum absolute atomic E-state index is 0. The average Bonchev–Trinajstić information content (AvgIpc) is 2.01. The highest BCUT2D eigenvalue weighted by molar-refractivity contribution is 8.00. The molecular weight excluding hydrogens is 264 g/mol. The Morgan fingerprint density at radius 3 is 2.19 bits per heavy atom. The van der Waals surface area contributed by atoms with Gasteiger partial charge in [-0.3, -0.25) is 4.79 Å². The van der Waals surface area contributed by atoms with Crippen LogP contribution in [-0.4, -0.2) is 34.2 Å². The number of carbonyl (C=O) groups excluding carboxylic acids is 1. The van der Waals surface area contributed by atoms with Gasteiger partial charge in [0.1, 0.15) is 0 Å². The number of hydrogen-bond donors (Lipinski definition) is 3. The number of rotatable bonds is 1. The lowest BCUT2D eigenvalue weighted by Crippen LogP contribution is -2.49. The van der Waals surface area contributed by atoms with Gasteiger partial charge < -0.3 is 11.1 Å². The molecule has 0 aromatic rings. The van der Waals surface area contributed by atoms with Gasteiger partial charge >= 0.3 is 0 Å². The predicted molar refractivity (Wildman–Crippen MR) is 78.9 cm³/mol. The van der Waals surface area contributed by atoms with Gasteiger partial charge in [0.15, 0.2) is 0 Å². The fraction of sp³-hybridized carbons (Fsp3) is 0.900. The van der Waals surface area contributed by atoms with Gasteiger partial charge in [0.25, 0.3) is 0 Å². The third kappa shape index (κ3) is 10.9. The SMILES string of the molecule is CC(C)(N)CS.CC1(C)CSCC(=O)N1.Cl. The summed E-state index contributed by atoms with van der Waals surface area (Å²) in [7, 11) is 0. The molecule has 1 fully saturated rings. The van der Waals surface area contributed by atoms with Crippen LogP contribution < -0.4 is 11.1 Å². The second-order valence-corrected chi connectivity index (χ2v) is 6.37. The Morgan fingerprint density at radius 2 is 2.00 bits per heavy atom. The van der Waals surface area contributed by atoms with Gasteiger partial charge in [0, 0.05) is 22.6 Å². The smallest absolute Gasteiger partial charge is 0.230 e. The maximum Gasteiger partial charge on any atom is 0.230 e. The first kappa shape index (κ1) is 18.8. The van der Waals surface area contributed by atoms with Crippen LogP contribution in [0.5, 0.6) is 0 Å². The molecule has 1 saturated heterocycles. The Morgan fingerprint density at radius 1 is 1.56 bits per heavy atom. The zero-order valence-electron chi connectivity index (χ0n) is 10.4. The Bertz CT molecular complexity index is 217. The summed E-state index contributed by atoms with van der Waals surface area (Å²) >= 11 is 5.67. The summed E-state index contributed by atoms with van der Waals surface area (Å²) in [5, 5.41) is 2.90. The van der Waals surface area contributed by atoms with Crippen molar-refractivity contribution in [1.82, 2.24) is 5.32 Å². The molecule has 1 heterocycles. The Balaban J connectivity index is 0. The first-order valence-corrected chi connectivity index (χ1v) is 6.73. The van der Waals surface area contributed by atoms with Crippen molar-refractivity contribution in [2.24, 2.45) is 5.73 Å². The number of thiol groups is 1. The number of nitrogens with one attached hydrogen (secondary N) is 1. The van der Waals surface area contributed by atoms with Crippen LogP contribution in [0.25, 0.3) is 0 Å². The van der Waals surface area contributed by atoms with Crippen LogP contribution in [0.3, 0.4) is 0 Å². The quantitative estimate of drug-likeness (QED) is 0.643. The number of thioether (sulfide) groups is 1. The van der Waals surface area contributed by atoms with Gasteiger partial charge in [0.05, 0.1) is 5.75 Å². The van der Waals surface area contributed by atoms with Crippen molar-refractivity contribution in [1.29, 1.82) is 0 Å². The van der Waals surface area contributed by atoms with E-state index in [9.17, 15) is 4.79 Å². The number of amides is 1. The highest BCUT2D eigenvalue weighted by atomic mass is 35.5. The largest absolute Gasteiger partial charge is 0.350 e. The molecule has 0 spiro atoms. The van der Waals surface area contributed by atoms with E-state index in [0.717, 1.165) is 11.5 Å². The molecular formula is C10H23ClN2OS2. The van der Waals surface area contributed by atoms with Crippen molar-refractivity contribution >= 4 is 42.7 Å². The molecule has 0 saturated carbocycles. The third-order valence-electron chi connectivity index (χ3n) is 1.58. The number of nitrogens with two attached hydrogens (primary N) is 1. The van der Waals surface area contributed by atoms with E-state index in [-0.39, 0.29) is 29.4 Å². The topological polar surface area (TPSA) is 55.1 Å². The van der Waals surface area contributed by atoms with Crippen molar-refractivity contribution in [3.63, 3.8) is 0 Å². The van der Waals surface area contributed by atoms with Gasteiger partial charge in [0.2, 0.25) is 5.91 Å². The molecule has 1 aliphatic rings. The van der Waals surface area contributed by atoms with E-state index in [1.54, 1.807) is 11.8 Å². The molecule has 6 heteroatoms. The van der Waals surface area contributed by atoms with Gasteiger partial charge in [-0.1, -0.05) is 0 Å². The minimum Gasteiger partial charge on any atom is -0.350 e. The standard InChI is InChI=1S/C6H11NOS.C4H11NS.ClH/c1-6(2)4-9-3-5(8)7-6;1-4(2,5)3-6;/h3-4H2,1-2H3,(H,7,8);6H,3,5H2,1-2H3;1H. The fourth-order valence-electron chi connectivity index (χ4n) is 0.848. The van der Waals surface area contributed by atoms with E-state index in [0.29, 0.717) is 5.75 Å². The molecule has 1 aliphatic heterocycles. The summed E-state index contributed by atoms with van der Waals surface area (Å²) in [5.74, 6) is 2.56. The monoisotopic (exact) mass is 286 g/mol. The zero-order chi connectivity index (χ0) is 12.1. The van der Waals surface area contributed by atoms with Crippen molar-refractivity contribution in [3.05, 3.63) is 0 Å². The summed E-state index contributed by atoms with van der Waals surface area (Å²) < 4.78 is 0. The van der Waals surface area contributed by atoms with E-state index in [1.165, 1.54) is 0 Å². The number of halogens is 1. The van der Waals surface area contributed by atoms with Crippen LogP contribution in [0.2, 0.25) is 0 Å². The Kier molecular flexibility index (Phi) is 9.02. The lowest BCUT2D eigenvalue weighted by atomic mass is 10.1.